The highest BCUT2D eigenvalue weighted by atomic mass is 32.2. The van der Waals surface area contributed by atoms with Gasteiger partial charge in [0.1, 0.15) is 11.9 Å². The molecule has 1 aromatic carbocycles. The number of hydrogen-bond acceptors (Lipinski definition) is 6. The summed E-state index contributed by atoms with van der Waals surface area (Å²) in [7, 11) is -3.66. The number of carbonyl (C=O) groups excluding carboxylic acids is 2. The summed E-state index contributed by atoms with van der Waals surface area (Å²) in [6.45, 7) is 12.0. The molecule has 10 heteroatoms. The molecule has 0 aliphatic carbocycles. The molecule has 1 fully saturated rings. The van der Waals surface area contributed by atoms with E-state index in [1.54, 1.807) is 23.1 Å². The van der Waals surface area contributed by atoms with E-state index in [1.807, 2.05) is 32.6 Å². The van der Waals surface area contributed by atoms with Crippen molar-refractivity contribution in [1.29, 1.82) is 0 Å². The molecule has 0 unspecified atom stereocenters. The number of benzene rings is 1. The van der Waals surface area contributed by atoms with Crippen LogP contribution in [0.15, 0.2) is 34.2 Å². The van der Waals surface area contributed by atoms with Gasteiger partial charge < -0.3 is 9.80 Å². The van der Waals surface area contributed by atoms with Crippen LogP contribution in [-0.2, 0) is 19.6 Å². The van der Waals surface area contributed by atoms with E-state index in [1.165, 1.54) is 6.07 Å². The predicted molar refractivity (Wildman–Crippen MR) is 127 cm³/mol. The lowest BCUT2D eigenvalue weighted by Gasteiger charge is -2.27. The van der Waals surface area contributed by atoms with Crippen molar-refractivity contribution in [3.05, 3.63) is 29.8 Å². The predicted octanol–water partition coefficient (Wildman–Crippen LogP) is 1.15. The fourth-order valence-corrected chi connectivity index (χ4v) is 5.50. The Morgan fingerprint density at radius 2 is 1.79 bits per heavy atom. The second kappa shape index (κ2) is 10.6. The first-order valence-electron chi connectivity index (χ1n) is 11.7. The molecule has 1 aromatic rings. The normalized spacial score (nSPS) is 20.3. The topological polar surface area (TPSA) is 102 Å². The Labute approximate surface area is 196 Å². The van der Waals surface area contributed by atoms with Crippen molar-refractivity contribution in [2.24, 2.45) is 10.9 Å². The molecule has 2 heterocycles. The second-order valence-electron chi connectivity index (χ2n) is 8.79. The highest BCUT2D eigenvalue weighted by Gasteiger charge is 2.34. The average molecular weight is 478 g/mol. The molecule has 2 amide bonds. The molecule has 0 radical (unpaired) electrons. The summed E-state index contributed by atoms with van der Waals surface area (Å²) in [4.78, 5) is 36.4. The van der Waals surface area contributed by atoms with Gasteiger partial charge in [0.25, 0.3) is 10.0 Å². The fraction of sp³-hybridized carbons (Fsp3) is 0.609. The maximum atomic E-state index is 13.4. The Bertz CT molecular complexity index is 1000. The Balaban J connectivity index is 1.72. The van der Waals surface area contributed by atoms with Crippen LogP contribution in [-0.4, -0.2) is 92.6 Å². The number of amidine groups is 1. The van der Waals surface area contributed by atoms with Crippen molar-refractivity contribution < 1.29 is 18.0 Å². The van der Waals surface area contributed by atoms with Gasteiger partial charge in [-0.05, 0) is 38.3 Å². The third-order valence-electron chi connectivity index (χ3n) is 6.19. The molecule has 0 bridgehead atoms. The summed E-state index contributed by atoms with van der Waals surface area (Å²) in [5.74, 6) is 0.112. The molecule has 0 aromatic heterocycles. The minimum atomic E-state index is -3.66. The van der Waals surface area contributed by atoms with Gasteiger partial charge in [-0.1, -0.05) is 26.0 Å². The lowest BCUT2D eigenvalue weighted by atomic mass is 10.0. The van der Waals surface area contributed by atoms with Gasteiger partial charge in [-0.25, -0.2) is 8.42 Å². The number of nitrogens with zero attached hydrogens (tertiary/aromatic N) is 4. The summed E-state index contributed by atoms with van der Waals surface area (Å²) < 4.78 is 27.3. The van der Waals surface area contributed by atoms with Gasteiger partial charge in [0.15, 0.2) is 0 Å². The highest BCUT2D eigenvalue weighted by molar-refractivity contribution is 7.90. The lowest BCUT2D eigenvalue weighted by molar-refractivity contribution is -0.133. The number of likely N-dealkylation sites (N-methyl/N-ethyl adjacent to an activating group) is 1. The Kier molecular flexibility index (Phi) is 8.12. The van der Waals surface area contributed by atoms with Crippen molar-refractivity contribution in [3.63, 3.8) is 0 Å². The zero-order valence-corrected chi connectivity index (χ0v) is 20.8. The van der Waals surface area contributed by atoms with E-state index in [2.05, 4.69) is 14.6 Å². The minimum Gasteiger partial charge on any atom is -0.342 e. The fourth-order valence-electron chi connectivity index (χ4n) is 4.26. The number of hydrogen-bond donors (Lipinski definition) is 1. The molecule has 2 aliphatic heterocycles. The van der Waals surface area contributed by atoms with E-state index in [9.17, 15) is 18.0 Å². The number of amides is 2. The Morgan fingerprint density at radius 1 is 1.09 bits per heavy atom. The van der Waals surface area contributed by atoms with Crippen LogP contribution in [0.2, 0.25) is 0 Å². The number of fused-ring (bicyclic) bond motifs is 1. The van der Waals surface area contributed by atoms with Crippen molar-refractivity contribution in [1.82, 2.24) is 19.4 Å². The molecular formula is C23H35N5O4S. The van der Waals surface area contributed by atoms with E-state index in [-0.39, 0.29) is 28.5 Å². The van der Waals surface area contributed by atoms with Crippen LogP contribution in [0.1, 0.15) is 39.7 Å². The van der Waals surface area contributed by atoms with Crippen molar-refractivity contribution in [3.8, 4) is 0 Å². The molecule has 1 saturated heterocycles. The van der Waals surface area contributed by atoms with Gasteiger partial charge in [0.2, 0.25) is 11.8 Å². The van der Waals surface area contributed by atoms with Gasteiger partial charge in [-0.15, -0.1) is 0 Å². The maximum Gasteiger partial charge on any atom is 0.263 e. The number of nitrogens with one attached hydrogen (secondary N) is 1. The highest BCUT2D eigenvalue weighted by Crippen LogP contribution is 2.24. The van der Waals surface area contributed by atoms with E-state index in [4.69, 9.17) is 0 Å². The molecule has 1 atom stereocenters. The quantitative estimate of drug-likeness (QED) is 0.635. The van der Waals surface area contributed by atoms with Crippen LogP contribution in [0.3, 0.4) is 0 Å². The van der Waals surface area contributed by atoms with Gasteiger partial charge in [0.05, 0.1) is 11.4 Å². The number of aliphatic imine (C=N–C) groups is 1. The number of sulfonamides is 1. The van der Waals surface area contributed by atoms with E-state index in [0.717, 1.165) is 13.0 Å². The zero-order valence-electron chi connectivity index (χ0n) is 20.0. The number of rotatable bonds is 7. The van der Waals surface area contributed by atoms with Crippen LogP contribution in [0.4, 0.5) is 0 Å². The summed E-state index contributed by atoms with van der Waals surface area (Å²) in [5.41, 5.74) is 0.493. The molecule has 33 heavy (non-hydrogen) atoms. The maximum absolute atomic E-state index is 13.4. The Hall–Kier alpha value is -2.46. The van der Waals surface area contributed by atoms with Gasteiger partial charge in [-0.2, -0.15) is 0 Å². The van der Waals surface area contributed by atoms with Gasteiger partial charge in [-0.3, -0.25) is 24.2 Å². The molecule has 0 spiro atoms. The lowest BCUT2D eigenvalue weighted by Crippen LogP contribution is -2.44. The smallest absolute Gasteiger partial charge is 0.263 e. The molecule has 2 aliphatic rings. The van der Waals surface area contributed by atoms with Crippen LogP contribution in [0.25, 0.3) is 0 Å². The average Bonchev–Trinajstić information content (AvgIpc) is 2.91. The first kappa shape index (κ1) is 25.2. The van der Waals surface area contributed by atoms with Crippen molar-refractivity contribution in [2.75, 3.05) is 45.8 Å². The minimum absolute atomic E-state index is 0.106. The van der Waals surface area contributed by atoms with Gasteiger partial charge in [0, 0.05) is 44.8 Å². The van der Waals surface area contributed by atoms with E-state index >= 15 is 0 Å². The molecule has 3 rings (SSSR count). The van der Waals surface area contributed by atoms with Crippen LogP contribution in [0, 0.1) is 5.92 Å². The Morgan fingerprint density at radius 3 is 2.45 bits per heavy atom. The van der Waals surface area contributed by atoms with Crippen LogP contribution in [0.5, 0.6) is 0 Å². The summed E-state index contributed by atoms with van der Waals surface area (Å²) >= 11 is 0. The summed E-state index contributed by atoms with van der Waals surface area (Å²) in [5, 5.41) is 0. The molecule has 1 N–H and O–H groups in total. The zero-order chi connectivity index (χ0) is 24.2. The van der Waals surface area contributed by atoms with Crippen LogP contribution >= 0.6 is 0 Å². The van der Waals surface area contributed by atoms with E-state index < -0.39 is 16.1 Å². The second-order valence-corrected chi connectivity index (χ2v) is 10.4. The van der Waals surface area contributed by atoms with Crippen molar-refractivity contribution in [2.45, 2.75) is 45.1 Å². The molecular weight excluding hydrogens is 442 g/mol. The number of carbonyl (C=O) groups is 2. The largest absolute Gasteiger partial charge is 0.342 e. The monoisotopic (exact) mass is 477 g/mol. The first-order chi connectivity index (χ1) is 15.7. The van der Waals surface area contributed by atoms with Gasteiger partial charge >= 0.3 is 0 Å². The van der Waals surface area contributed by atoms with Crippen molar-refractivity contribution >= 4 is 27.7 Å². The molecule has 0 saturated carbocycles. The molecule has 9 nitrogen and oxygen atoms in total. The SMILES string of the molecule is CCN(CC)C(=O)CN1CCCN(C(=O)[C@H](N=C2NS(=O)(=O)c3ccccc32)C(C)C)CC1. The van der Waals surface area contributed by atoms with E-state index in [0.29, 0.717) is 44.8 Å². The van der Waals surface area contributed by atoms with Crippen LogP contribution < -0.4 is 4.72 Å². The standard InChI is InChI=1S/C23H35N5O4S/c1-5-27(6-2)20(29)16-26-12-9-13-28(15-14-26)23(30)21(17(3)4)24-22-18-10-7-8-11-19(18)33(31,32)25-22/h7-8,10-11,17,21H,5-6,9,12-16H2,1-4H3,(H,24,25)/t21-/m1/s1. The third kappa shape index (κ3) is 5.73. The third-order valence-corrected chi connectivity index (χ3v) is 7.59. The molecule has 182 valence electrons. The summed E-state index contributed by atoms with van der Waals surface area (Å²) in [6, 6.07) is 5.96. The first-order valence-corrected chi connectivity index (χ1v) is 13.1. The summed E-state index contributed by atoms with van der Waals surface area (Å²) in [6.07, 6.45) is 0.772.